The maximum Gasteiger partial charge on any atom is 0.374 e. The largest absolute Gasteiger partial charge is 0.454 e. The summed E-state index contributed by atoms with van der Waals surface area (Å²) in [6.07, 6.45) is 0. The molecule has 28 heavy (non-hydrogen) atoms. The van der Waals surface area contributed by atoms with E-state index < -0.39 is 18.5 Å². The number of nitrogens with one attached hydrogen (secondary N) is 1. The van der Waals surface area contributed by atoms with E-state index in [1.54, 1.807) is 42.5 Å². The second-order valence-electron chi connectivity index (χ2n) is 6.01. The number of para-hydroxylation sites is 1. The van der Waals surface area contributed by atoms with E-state index in [0.29, 0.717) is 16.9 Å². The van der Waals surface area contributed by atoms with Crippen molar-refractivity contribution in [3.05, 3.63) is 70.1 Å². The fourth-order valence-electron chi connectivity index (χ4n) is 2.71. The molecule has 0 saturated carbocycles. The monoisotopic (exact) mass is 381 g/mol. The molecule has 1 aliphatic rings. The van der Waals surface area contributed by atoms with Crippen LogP contribution in [0.5, 0.6) is 11.5 Å². The Balaban J connectivity index is 1.33. The van der Waals surface area contributed by atoms with Gasteiger partial charge in [-0.05, 0) is 29.8 Å². The zero-order chi connectivity index (χ0) is 19.5. The molecule has 142 valence electrons. The van der Waals surface area contributed by atoms with Crippen LogP contribution in [0.1, 0.15) is 16.1 Å². The van der Waals surface area contributed by atoms with Crippen molar-refractivity contribution in [3.8, 4) is 11.5 Å². The van der Waals surface area contributed by atoms with Gasteiger partial charge in [0.05, 0.1) is 5.39 Å². The van der Waals surface area contributed by atoms with Crippen molar-refractivity contribution in [1.29, 1.82) is 0 Å². The number of fused-ring (bicyclic) bond motifs is 2. The Kier molecular flexibility index (Phi) is 4.67. The fourth-order valence-corrected chi connectivity index (χ4v) is 2.71. The highest BCUT2D eigenvalue weighted by atomic mass is 16.7. The van der Waals surface area contributed by atoms with Crippen LogP contribution in [-0.4, -0.2) is 25.3 Å². The van der Waals surface area contributed by atoms with Crippen LogP contribution < -0.4 is 20.2 Å². The molecule has 0 fully saturated rings. The first-order valence-corrected chi connectivity index (χ1v) is 8.45. The maximum atomic E-state index is 12.1. The van der Waals surface area contributed by atoms with E-state index in [-0.39, 0.29) is 30.1 Å². The van der Waals surface area contributed by atoms with Gasteiger partial charge in [-0.2, -0.15) is 0 Å². The van der Waals surface area contributed by atoms with E-state index in [1.165, 1.54) is 0 Å². The summed E-state index contributed by atoms with van der Waals surface area (Å²) in [7, 11) is 0. The second-order valence-corrected chi connectivity index (χ2v) is 6.01. The van der Waals surface area contributed by atoms with Gasteiger partial charge in [-0.15, -0.1) is 0 Å². The second kappa shape index (κ2) is 7.43. The van der Waals surface area contributed by atoms with E-state index in [9.17, 15) is 14.4 Å². The molecule has 0 spiro atoms. The molecule has 4 rings (SSSR count). The van der Waals surface area contributed by atoms with E-state index in [0.717, 1.165) is 11.6 Å². The summed E-state index contributed by atoms with van der Waals surface area (Å²) in [6, 6.07) is 12.9. The first kappa shape index (κ1) is 17.6. The Morgan fingerprint density at radius 1 is 1.04 bits per heavy atom. The van der Waals surface area contributed by atoms with Crippen LogP contribution in [0.2, 0.25) is 0 Å². The van der Waals surface area contributed by atoms with Crippen molar-refractivity contribution in [2.24, 2.45) is 0 Å². The highest BCUT2D eigenvalue weighted by Crippen LogP contribution is 2.32. The minimum absolute atomic E-state index is 0.173. The molecule has 3 aromatic rings. The number of benzene rings is 2. The highest BCUT2D eigenvalue weighted by Gasteiger charge is 2.16. The minimum atomic E-state index is -0.888. The summed E-state index contributed by atoms with van der Waals surface area (Å²) >= 11 is 0. The Labute approximate surface area is 158 Å². The molecule has 0 aliphatic carbocycles. The van der Waals surface area contributed by atoms with Gasteiger partial charge in [0, 0.05) is 12.6 Å². The lowest BCUT2D eigenvalue weighted by atomic mass is 10.2. The van der Waals surface area contributed by atoms with Crippen molar-refractivity contribution >= 4 is 22.8 Å². The van der Waals surface area contributed by atoms with Crippen LogP contribution in [0.15, 0.2) is 57.7 Å². The van der Waals surface area contributed by atoms with Gasteiger partial charge < -0.3 is 23.9 Å². The van der Waals surface area contributed by atoms with Crippen molar-refractivity contribution < 1.29 is 28.2 Å². The van der Waals surface area contributed by atoms with Gasteiger partial charge in [-0.25, -0.2) is 4.79 Å². The predicted octanol–water partition coefficient (Wildman–Crippen LogP) is 1.99. The van der Waals surface area contributed by atoms with Gasteiger partial charge in [0.1, 0.15) is 5.58 Å². The molecule has 2 heterocycles. The first-order valence-electron chi connectivity index (χ1n) is 8.45. The summed E-state index contributed by atoms with van der Waals surface area (Å²) in [4.78, 5) is 36.0. The molecule has 1 N–H and O–H groups in total. The third-order valence-corrected chi connectivity index (χ3v) is 4.10. The van der Waals surface area contributed by atoms with Crippen LogP contribution in [-0.2, 0) is 16.1 Å². The summed E-state index contributed by atoms with van der Waals surface area (Å²) in [5, 5.41) is 2.99. The average molecular weight is 381 g/mol. The zero-order valence-electron chi connectivity index (χ0n) is 14.6. The molecule has 0 atom stereocenters. The Bertz CT molecular complexity index is 1120. The third-order valence-electron chi connectivity index (χ3n) is 4.10. The number of hydrogen-bond donors (Lipinski definition) is 1. The SMILES string of the molecule is O=C(COC(=O)c1cc(=O)c2ccccc2o1)NCc1ccc2c(c1)OCO2. The van der Waals surface area contributed by atoms with E-state index in [2.05, 4.69) is 5.32 Å². The molecule has 2 aromatic carbocycles. The van der Waals surface area contributed by atoms with Crippen molar-refractivity contribution in [2.45, 2.75) is 6.54 Å². The molecule has 1 amide bonds. The molecule has 0 radical (unpaired) electrons. The number of hydrogen-bond acceptors (Lipinski definition) is 7. The summed E-state index contributed by atoms with van der Waals surface area (Å²) in [5.74, 6) is -0.368. The number of rotatable bonds is 5. The molecule has 0 saturated heterocycles. The molecular formula is C20H15NO7. The minimum Gasteiger partial charge on any atom is -0.454 e. The first-order chi connectivity index (χ1) is 13.6. The average Bonchev–Trinajstić information content (AvgIpc) is 3.18. The quantitative estimate of drug-likeness (QED) is 0.674. The van der Waals surface area contributed by atoms with Crippen LogP contribution in [0, 0.1) is 0 Å². The van der Waals surface area contributed by atoms with Gasteiger partial charge in [0.25, 0.3) is 5.91 Å². The zero-order valence-corrected chi connectivity index (χ0v) is 14.6. The van der Waals surface area contributed by atoms with Crippen molar-refractivity contribution in [1.82, 2.24) is 5.32 Å². The Morgan fingerprint density at radius 2 is 1.86 bits per heavy atom. The summed E-state index contributed by atoms with van der Waals surface area (Å²) < 4.78 is 20.8. The van der Waals surface area contributed by atoms with Crippen molar-refractivity contribution in [2.75, 3.05) is 13.4 Å². The number of carbonyl (C=O) groups excluding carboxylic acids is 2. The molecule has 0 bridgehead atoms. The molecule has 8 nitrogen and oxygen atoms in total. The molecular weight excluding hydrogens is 366 g/mol. The lowest BCUT2D eigenvalue weighted by Gasteiger charge is -2.07. The van der Waals surface area contributed by atoms with Gasteiger partial charge in [0.15, 0.2) is 23.5 Å². The molecule has 1 aliphatic heterocycles. The topological polar surface area (TPSA) is 104 Å². The number of carbonyl (C=O) groups is 2. The lowest BCUT2D eigenvalue weighted by molar-refractivity contribution is -0.124. The van der Waals surface area contributed by atoms with E-state index in [4.69, 9.17) is 18.6 Å². The Morgan fingerprint density at radius 3 is 2.75 bits per heavy atom. The van der Waals surface area contributed by atoms with E-state index >= 15 is 0 Å². The summed E-state index contributed by atoms with van der Waals surface area (Å²) in [5.41, 5.74) is 0.722. The number of ether oxygens (including phenoxy) is 3. The van der Waals surface area contributed by atoms with Crippen LogP contribution >= 0.6 is 0 Å². The standard InChI is InChI=1S/C20H15NO7/c22-14-8-18(28-15-4-2-1-3-13(14)15)20(24)25-10-19(23)21-9-12-5-6-16-17(7-12)27-11-26-16/h1-8H,9-11H2,(H,21,23). The van der Waals surface area contributed by atoms with Gasteiger partial charge in [0.2, 0.25) is 12.6 Å². The van der Waals surface area contributed by atoms with Crippen LogP contribution in [0.3, 0.4) is 0 Å². The highest BCUT2D eigenvalue weighted by molar-refractivity contribution is 5.90. The predicted molar refractivity (Wildman–Crippen MR) is 97.2 cm³/mol. The molecule has 0 unspecified atom stereocenters. The van der Waals surface area contributed by atoms with Gasteiger partial charge >= 0.3 is 5.97 Å². The normalized spacial score (nSPS) is 12.0. The number of amides is 1. The Hall–Kier alpha value is -3.81. The van der Waals surface area contributed by atoms with Gasteiger partial charge in [-0.3, -0.25) is 9.59 Å². The molecule has 1 aromatic heterocycles. The molecule has 8 heteroatoms. The summed E-state index contributed by atoms with van der Waals surface area (Å²) in [6.45, 7) is -0.0933. The van der Waals surface area contributed by atoms with Crippen molar-refractivity contribution in [3.63, 3.8) is 0 Å². The smallest absolute Gasteiger partial charge is 0.374 e. The maximum absolute atomic E-state index is 12.1. The van der Waals surface area contributed by atoms with Crippen LogP contribution in [0.4, 0.5) is 0 Å². The fraction of sp³-hybridized carbons (Fsp3) is 0.150. The van der Waals surface area contributed by atoms with Gasteiger partial charge in [-0.1, -0.05) is 18.2 Å². The number of esters is 1. The van der Waals surface area contributed by atoms with E-state index in [1.807, 2.05) is 0 Å². The third kappa shape index (κ3) is 3.66. The van der Waals surface area contributed by atoms with Crippen LogP contribution in [0.25, 0.3) is 11.0 Å². The lowest BCUT2D eigenvalue weighted by Crippen LogP contribution is -2.28.